The molecule has 0 aromatic heterocycles. The second-order valence-electron chi connectivity index (χ2n) is 7.85. The number of benzene rings is 1. The maximum atomic E-state index is 13.2. The molecular weight excluding hydrogens is 343 g/mol. The summed E-state index contributed by atoms with van der Waals surface area (Å²) in [7, 11) is 0. The molecule has 1 saturated heterocycles. The van der Waals surface area contributed by atoms with Crippen LogP contribution in [0.2, 0.25) is 0 Å². The molecule has 5 heteroatoms. The summed E-state index contributed by atoms with van der Waals surface area (Å²) in [6, 6.07) is 6.39. The number of carbonyl (C=O) groups is 2. The number of rotatable bonds is 8. The molecule has 1 aromatic carbocycles. The molecule has 1 aliphatic rings. The van der Waals surface area contributed by atoms with Crippen LogP contribution in [0.1, 0.15) is 58.4 Å². The van der Waals surface area contributed by atoms with Crippen molar-refractivity contribution in [3.05, 3.63) is 35.6 Å². The third-order valence-corrected chi connectivity index (χ3v) is 5.28. The first-order valence-corrected chi connectivity index (χ1v) is 10.2. The first-order valence-electron chi connectivity index (χ1n) is 10.2. The van der Waals surface area contributed by atoms with Gasteiger partial charge >= 0.3 is 0 Å². The van der Waals surface area contributed by atoms with Crippen LogP contribution < -0.4 is 0 Å². The van der Waals surface area contributed by atoms with Crippen LogP contribution in [-0.2, 0) is 16.1 Å². The number of hydrogen-bond acceptors (Lipinski definition) is 2. The van der Waals surface area contributed by atoms with Gasteiger partial charge < -0.3 is 9.80 Å². The number of nitrogens with zero attached hydrogens (tertiary/aromatic N) is 2. The van der Waals surface area contributed by atoms with Crippen molar-refractivity contribution in [2.45, 2.75) is 59.4 Å². The Morgan fingerprint density at radius 1 is 1.15 bits per heavy atom. The average molecular weight is 377 g/mol. The molecule has 150 valence electrons. The molecular formula is C22H33FN2O2. The Morgan fingerprint density at radius 3 is 2.33 bits per heavy atom. The number of likely N-dealkylation sites (tertiary alicyclic amines) is 1. The van der Waals surface area contributed by atoms with E-state index in [2.05, 4.69) is 6.92 Å². The van der Waals surface area contributed by atoms with Crippen molar-refractivity contribution < 1.29 is 14.0 Å². The molecule has 2 rings (SSSR count). The first kappa shape index (κ1) is 21.4. The number of piperidine rings is 1. The van der Waals surface area contributed by atoms with Crippen molar-refractivity contribution >= 4 is 11.8 Å². The van der Waals surface area contributed by atoms with Crippen molar-refractivity contribution in [1.82, 2.24) is 9.80 Å². The van der Waals surface area contributed by atoms with Crippen molar-refractivity contribution in [2.75, 3.05) is 19.6 Å². The van der Waals surface area contributed by atoms with Gasteiger partial charge in [0.05, 0.1) is 0 Å². The lowest BCUT2D eigenvalue weighted by atomic mass is 9.94. The van der Waals surface area contributed by atoms with E-state index in [1.807, 2.05) is 23.6 Å². The Bertz CT molecular complexity index is 607. The van der Waals surface area contributed by atoms with Crippen LogP contribution in [0, 0.1) is 17.7 Å². The smallest absolute Gasteiger partial charge is 0.226 e. The maximum Gasteiger partial charge on any atom is 0.226 e. The zero-order valence-corrected chi connectivity index (χ0v) is 16.9. The molecule has 1 aromatic rings. The number of halogens is 1. The minimum absolute atomic E-state index is 0.00118. The van der Waals surface area contributed by atoms with E-state index in [-0.39, 0.29) is 29.5 Å². The standard InChI is InChI=1S/C22H33FN2O2/c1-4-5-6-13-25(16-18-7-9-20(23)10-8-18)22(27)19-11-14-24(15-12-19)21(26)17(2)3/h7-10,17,19H,4-6,11-16H2,1-3H3. The van der Waals surface area contributed by atoms with Gasteiger partial charge in [0.15, 0.2) is 0 Å². The highest BCUT2D eigenvalue weighted by molar-refractivity contribution is 5.81. The summed E-state index contributed by atoms with van der Waals surface area (Å²) < 4.78 is 13.2. The molecule has 1 fully saturated rings. The molecule has 0 atom stereocenters. The second kappa shape index (κ2) is 10.4. The fraction of sp³-hybridized carbons (Fsp3) is 0.636. The highest BCUT2D eigenvalue weighted by Gasteiger charge is 2.30. The monoisotopic (exact) mass is 376 g/mol. The molecule has 1 aliphatic heterocycles. The quantitative estimate of drug-likeness (QED) is 0.637. The molecule has 27 heavy (non-hydrogen) atoms. The molecule has 0 N–H and O–H groups in total. The summed E-state index contributed by atoms with van der Waals surface area (Å²) in [6.45, 7) is 8.55. The van der Waals surface area contributed by atoms with Crippen LogP contribution in [-0.4, -0.2) is 41.2 Å². The number of carbonyl (C=O) groups excluding carboxylic acids is 2. The minimum atomic E-state index is -0.259. The van der Waals surface area contributed by atoms with Gasteiger partial charge in [-0.3, -0.25) is 9.59 Å². The van der Waals surface area contributed by atoms with Crippen LogP contribution in [0.15, 0.2) is 24.3 Å². The summed E-state index contributed by atoms with van der Waals surface area (Å²) in [4.78, 5) is 29.1. The number of unbranched alkanes of at least 4 members (excludes halogenated alkanes) is 2. The molecule has 1 heterocycles. The van der Waals surface area contributed by atoms with Gasteiger partial charge in [-0.05, 0) is 37.0 Å². The average Bonchev–Trinajstić information content (AvgIpc) is 2.68. The topological polar surface area (TPSA) is 40.6 Å². The molecule has 4 nitrogen and oxygen atoms in total. The third kappa shape index (κ3) is 6.33. The van der Waals surface area contributed by atoms with E-state index in [1.54, 1.807) is 12.1 Å². The third-order valence-electron chi connectivity index (χ3n) is 5.28. The Kier molecular flexibility index (Phi) is 8.26. The van der Waals surface area contributed by atoms with Gasteiger partial charge in [-0.15, -0.1) is 0 Å². The van der Waals surface area contributed by atoms with Gasteiger partial charge in [0.1, 0.15) is 5.82 Å². The van der Waals surface area contributed by atoms with E-state index in [1.165, 1.54) is 12.1 Å². The number of hydrogen-bond donors (Lipinski definition) is 0. The SMILES string of the molecule is CCCCCN(Cc1ccc(F)cc1)C(=O)C1CCN(C(=O)C(C)C)CC1. The molecule has 0 radical (unpaired) electrons. The molecule has 2 amide bonds. The van der Waals surface area contributed by atoms with Crippen molar-refractivity contribution in [3.8, 4) is 0 Å². The largest absolute Gasteiger partial charge is 0.342 e. The van der Waals surface area contributed by atoms with E-state index in [4.69, 9.17) is 0 Å². The van der Waals surface area contributed by atoms with Gasteiger partial charge in [-0.1, -0.05) is 45.7 Å². The van der Waals surface area contributed by atoms with Gasteiger partial charge in [0, 0.05) is 38.0 Å². The summed E-state index contributed by atoms with van der Waals surface area (Å²) in [6.07, 6.45) is 4.63. The molecule has 0 aliphatic carbocycles. The zero-order chi connectivity index (χ0) is 19.8. The second-order valence-corrected chi connectivity index (χ2v) is 7.85. The Balaban J connectivity index is 1.98. The van der Waals surface area contributed by atoms with Crippen LogP contribution in [0.5, 0.6) is 0 Å². The summed E-state index contributed by atoms with van der Waals surface area (Å²) in [5.74, 6) is 0.0634. The molecule has 0 saturated carbocycles. The molecule has 0 spiro atoms. The van der Waals surface area contributed by atoms with Crippen LogP contribution in [0.25, 0.3) is 0 Å². The van der Waals surface area contributed by atoms with Crippen LogP contribution >= 0.6 is 0 Å². The van der Waals surface area contributed by atoms with Gasteiger partial charge in [0.25, 0.3) is 0 Å². The Hall–Kier alpha value is -1.91. The highest BCUT2D eigenvalue weighted by atomic mass is 19.1. The maximum absolute atomic E-state index is 13.2. The van der Waals surface area contributed by atoms with Gasteiger partial charge in [0.2, 0.25) is 11.8 Å². The summed E-state index contributed by atoms with van der Waals surface area (Å²) in [5.41, 5.74) is 0.952. The van der Waals surface area contributed by atoms with E-state index in [0.717, 1.165) is 44.2 Å². The first-order chi connectivity index (χ1) is 12.9. The lowest BCUT2D eigenvalue weighted by Crippen LogP contribution is -2.45. The predicted octanol–water partition coefficient (Wildman–Crippen LogP) is 4.24. The minimum Gasteiger partial charge on any atom is -0.342 e. The van der Waals surface area contributed by atoms with Gasteiger partial charge in [-0.25, -0.2) is 4.39 Å². The van der Waals surface area contributed by atoms with Crippen molar-refractivity contribution in [2.24, 2.45) is 11.8 Å². The zero-order valence-electron chi connectivity index (χ0n) is 16.9. The lowest BCUT2D eigenvalue weighted by Gasteiger charge is -2.35. The lowest BCUT2D eigenvalue weighted by molar-refractivity contribution is -0.142. The molecule has 0 unspecified atom stereocenters. The Morgan fingerprint density at radius 2 is 1.78 bits per heavy atom. The molecule has 0 bridgehead atoms. The number of amides is 2. The van der Waals surface area contributed by atoms with Gasteiger partial charge in [-0.2, -0.15) is 0 Å². The van der Waals surface area contributed by atoms with E-state index < -0.39 is 0 Å². The van der Waals surface area contributed by atoms with Crippen LogP contribution in [0.3, 0.4) is 0 Å². The van der Waals surface area contributed by atoms with E-state index in [0.29, 0.717) is 19.6 Å². The van der Waals surface area contributed by atoms with Crippen molar-refractivity contribution in [3.63, 3.8) is 0 Å². The van der Waals surface area contributed by atoms with Crippen LogP contribution in [0.4, 0.5) is 4.39 Å². The highest BCUT2D eigenvalue weighted by Crippen LogP contribution is 2.22. The summed E-state index contributed by atoms with van der Waals surface area (Å²) >= 11 is 0. The normalized spacial score (nSPS) is 15.2. The van der Waals surface area contributed by atoms with Crippen molar-refractivity contribution in [1.29, 1.82) is 0 Å². The van der Waals surface area contributed by atoms with E-state index in [9.17, 15) is 14.0 Å². The fourth-order valence-electron chi connectivity index (χ4n) is 3.60. The fourth-order valence-corrected chi connectivity index (χ4v) is 3.60. The Labute approximate surface area is 162 Å². The summed E-state index contributed by atoms with van der Waals surface area (Å²) in [5, 5.41) is 0. The predicted molar refractivity (Wildman–Crippen MR) is 105 cm³/mol. The van der Waals surface area contributed by atoms with E-state index >= 15 is 0 Å².